The second kappa shape index (κ2) is 7.92. The molecular formula is C17H19FN2O3S. The second-order valence-corrected chi connectivity index (χ2v) is 7.19. The third kappa shape index (κ3) is 6.00. The van der Waals surface area contributed by atoms with E-state index < -0.39 is 10.0 Å². The standard InChI is InChI=1S/C17H19FN2O3S/c1-24(22,23)20-16-10-6-14(7-11-16)17(21)19-12-2-3-13-4-8-15(18)9-5-13/h4-11,20H,2-3,12H2,1H3,(H,19,21). The minimum absolute atomic E-state index is 0.222. The van der Waals surface area contributed by atoms with Crippen LogP contribution < -0.4 is 10.0 Å². The first kappa shape index (κ1) is 17.9. The molecule has 2 aromatic rings. The molecule has 2 aromatic carbocycles. The molecule has 7 heteroatoms. The number of amides is 1. The highest BCUT2D eigenvalue weighted by molar-refractivity contribution is 7.92. The van der Waals surface area contributed by atoms with Gasteiger partial charge >= 0.3 is 0 Å². The van der Waals surface area contributed by atoms with Gasteiger partial charge in [-0.2, -0.15) is 0 Å². The zero-order chi connectivity index (χ0) is 17.6. The van der Waals surface area contributed by atoms with Crippen molar-refractivity contribution in [2.24, 2.45) is 0 Å². The van der Waals surface area contributed by atoms with Gasteiger partial charge in [0.1, 0.15) is 5.82 Å². The Balaban J connectivity index is 1.79. The third-order valence-electron chi connectivity index (χ3n) is 3.29. The van der Waals surface area contributed by atoms with Crippen molar-refractivity contribution < 1.29 is 17.6 Å². The van der Waals surface area contributed by atoms with E-state index in [0.29, 0.717) is 17.8 Å². The van der Waals surface area contributed by atoms with E-state index in [1.54, 1.807) is 24.3 Å². The molecule has 0 radical (unpaired) electrons. The average Bonchev–Trinajstić information content (AvgIpc) is 2.52. The maximum atomic E-state index is 12.8. The zero-order valence-electron chi connectivity index (χ0n) is 13.3. The second-order valence-electron chi connectivity index (χ2n) is 5.44. The summed E-state index contributed by atoms with van der Waals surface area (Å²) in [6.07, 6.45) is 2.55. The fraction of sp³-hybridized carbons (Fsp3) is 0.235. The molecule has 0 unspecified atom stereocenters. The van der Waals surface area contributed by atoms with Crippen molar-refractivity contribution in [1.29, 1.82) is 0 Å². The van der Waals surface area contributed by atoms with Crippen LogP contribution in [0, 0.1) is 5.82 Å². The van der Waals surface area contributed by atoms with Crippen LogP contribution in [0.3, 0.4) is 0 Å². The highest BCUT2D eigenvalue weighted by Crippen LogP contribution is 2.11. The van der Waals surface area contributed by atoms with E-state index in [9.17, 15) is 17.6 Å². The van der Waals surface area contributed by atoms with Gasteiger partial charge < -0.3 is 5.32 Å². The van der Waals surface area contributed by atoms with Crippen LogP contribution in [0.15, 0.2) is 48.5 Å². The van der Waals surface area contributed by atoms with Gasteiger partial charge in [0, 0.05) is 17.8 Å². The number of aryl methyl sites for hydroxylation is 1. The van der Waals surface area contributed by atoms with Gasteiger partial charge in [-0.05, 0) is 54.8 Å². The van der Waals surface area contributed by atoms with Gasteiger partial charge in [-0.25, -0.2) is 12.8 Å². The fourth-order valence-corrected chi connectivity index (χ4v) is 2.72. The Morgan fingerprint density at radius 1 is 1.04 bits per heavy atom. The van der Waals surface area contributed by atoms with Crippen molar-refractivity contribution in [3.05, 3.63) is 65.5 Å². The van der Waals surface area contributed by atoms with Crippen LogP contribution in [0.5, 0.6) is 0 Å². The number of hydrogen-bond donors (Lipinski definition) is 2. The largest absolute Gasteiger partial charge is 0.352 e. The van der Waals surface area contributed by atoms with E-state index >= 15 is 0 Å². The molecular weight excluding hydrogens is 331 g/mol. The number of hydrogen-bond acceptors (Lipinski definition) is 3. The molecule has 24 heavy (non-hydrogen) atoms. The maximum Gasteiger partial charge on any atom is 0.251 e. The first-order valence-electron chi connectivity index (χ1n) is 7.44. The molecule has 0 bridgehead atoms. The molecule has 0 aliphatic rings. The van der Waals surface area contributed by atoms with Crippen molar-refractivity contribution in [3.63, 3.8) is 0 Å². The van der Waals surface area contributed by atoms with E-state index in [-0.39, 0.29) is 11.7 Å². The SMILES string of the molecule is CS(=O)(=O)Nc1ccc(C(=O)NCCCc2ccc(F)cc2)cc1. The number of nitrogens with one attached hydrogen (secondary N) is 2. The molecule has 2 rings (SSSR count). The Morgan fingerprint density at radius 2 is 1.67 bits per heavy atom. The Labute approximate surface area is 141 Å². The van der Waals surface area contributed by atoms with Crippen molar-refractivity contribution in [2.75, 3.05) is 17.5 Å². The molecule has 0 fully saturated rings. The Kier molecular flexibility index (Phi) is 5.92. The van der Waals surface area contributed by atoms with E-state index in [2.05, 4.69) is 10.0 Å². The topological polar surface area (TPSA) is 75.3 Å². The van der Waals surface area contributed by atoms with Crippen LogP contribution in [0.4, 0.5) is 10.1 Å². The van der Waals surface area contributed by atoms with Gasteiger partial charge in [-0.1, -0.05) is 12.1 Å². The summed E-state index contributed by atoms with van der Waals surface area (Å²) >= 11 is 0. The van der Waals surface area contributed by atoms with Gasteiger partial charge in [0.25, 0.3) is 5.91 Å². The summed E-state index contributed by atoms with van der Waals surface area (Å²) in [7, 11) is -3.33. The van der Waals surface area contributed by atoms with E-state index in [1.807, 2.05) is 0 Å². The summed E-state index contributed by atoms with van der Waals surface area (Å²) in [5, 5.41) is 2.80. The molecule has 0 aliphatic heterocycles. The van der Waals surface area contributed by atoms with Gasteiger partial charge in [0.05, 0.1) is 6.26 Å². The predicted octanol–water partition coefficient (Wildman–Crippen LogP) is 2.56. The van der Waals surface area contributed by atoms with Crippen molar-refractivity contribution in [3.8, 4) is 0 Å². The number of sulfonamides is 1. The molecule has 128 valence electrons. The maximum absolute atomic E-state index is 12.8. The van der Waals surface area contributed by atoms with Gasteiger partial charge in [-0.3, -0.25) is 9.52 Å². The lowest BCUT2D eigenvalue weighted by Gasteiger charge is -2.07. The summed E-state index contributed by atoms with van der Waals surface area (Å²) in [6, 6.07) is 12.5. The summed E-state index contributed by atoms with van der Waals surface area (Å²) in [6.45, 7) is 0.500. The number of carbonyl (C=O) groups excluding carboxylic acids is 1. The molecule has 0 aromatic heterocycles. The lowest BCUT2D eigenvalue weighted by atomic mass is 10.1. The van der Waals surface area contributed by atoms with Crippen LogP contribution in [0.1, 0.15) is 22.3 Å². The predicted molar refractivity (Wildman–Crippen MR) is 92.0 cm³/mol. The fourth-order valence-electron chi connectivity index (χ4n) is 2.15. The summed E-state index contributed by atoms with van der Waals surface area (Å²) < 4.78 is 37.4. The zero-order valence-corrected chi connectivity index (χ0v) is 14.1. The molecule has 0 aliphatic carbocycles. The number of benzene rings is 2. The molecule has 0 heterocycles. The normalized spacial score (nSPS) is 11.1. The van der Waals surface area contributed by atoms with E-state index in [4.69, 9.17) is 0 Å². The van der Waals surface area contributed by atoms with Crippen LogP contribution in [-0.4, -0.2) is 27.1 Å². The monoisotopic (exact) mass is 350 g/mol. The number of anilines is 1. The van der Waals surface area contributed by atoms with Crippen LogP contribution in [0.25, 0.3) is 0 Å². The average molecular weight is 350 g/mol. The summed E-state index contributed by atoms with van der Waals surface area (Å²) in [5.74, 6) is -0.485. The molecule has 2 N–H and O–H groups in total. The van der Waals surface area contributed by atoms with Crippen molar-refractivity contribution >= 4 is 21.6 Å². The van der Waals surface area contributed by atoms with Crippen molar-refractivity contribution in [1.82, 2.24) is 5.32 Å². The lowest BCUT2D eigenvalue weighted by molar-refractivity contribution is 0.0953. The first-order valence-corrected chi connectivity index (χ1v) is 9.33. The minimum atomic E-state index is -3.33. The molecule has 0 atom stereocenters. The third-order valence-corrected chi connectivity index (χ3v) is 3.90. The van der Waals surface area contributed by atoms with Crippen LogP contribution in [0.2, 0.25) is 0 Å². The van der Waals surface area contributed by atoms with Crippen LogP contribution >= 0.6 is 0 Å². The van der Waals surface area contributed by atoms with E-state index in [1.165, 1.54) is 24.3 Å². The Bertz CT molecular complexity index is 788. The highest BCUT2D eigenvalue weighted by Gasteiger charge is 2.06. The number of carbonyl (C=O) groups is 1. The van der Waals surface area contributed by atoms with Gasteiger partial charge in [0.15, 0.2) is 0 Å². The molecule has 1 amide bonds. The van der Waals surface area contributed by atoms with E-state index in [0.717, 1.165) is 24.7 Å². The minimum Gasteiger partial charge on any atom is -0.352 e. The summed E-state index contributed by atoms with van der Waals surface area (Å²) in [5.41, 5.74) is 1.88. The highest BCUT2D eigenvalue weighted by atomic mass is 32.2. The number of rotatable bonds is 7. The molecule has 0 spiro atoms. The Morgan fingerprint density at radius 3 is 2.25 bits per heavy atom. The summed E-state index contributed by atoms with van der Waals surface area (Å²) in [4.78, 5) is 12.0. The molecule has 5 nitrogen and oxygen atoms in total. The van der Waals surface area contributed by atoms with Gasteiger partial charge in [0.2, 0.25) is 10.0 Å². The quantitative estimate of drug-likeness (QED) is 0.754. The lowest BCUT2D eigenvalue weighted by Crippen LogP contribution is -2.24. The number of halogens is 1. The van der Waals surface area contributed by atoms with Crippen molar-refractivity contribution in [2.45, 2.75) is 12.8 Å². The molecule has 0 saturated heterocycles. The van der Waals surface area contributed by atoms with Gasteiger partial charge in [-0.15, -0.1) is 0 Å². The molecule has 0 saturated carbocycles. The smallest absolute Gasteiger partial charge is 0.251 e. The first-order chi connectivity index (χ1) is 11.3. The van der Waals surface area contributed by atoms with Crippen LogP contribution in [-0.2, 0) is 16.4 Å². The Hall–Kier alpha value is -2.41.